The molecule has 1 aliphatic heterocycles. The second-order valence-corrected chi connectivity index (χ2v) is 3.94. The summed E-state index contributed by atoms with van der Waals surface area (Å²) >= 11 is 0. The molecule has 2 heterocycles. The summed E-state index contributed by atoms with van der Waals surface area (Å²) < 4.78 is 6.37. The zero-order valence-corrected chi connectivity index (χ0v) is 9.30. The van der Waals surface area contributed by atoms with Crippen LogP contribution in [0.25, 0.3) is 0 Å². The number of aliphatic hydroxyl groups is 2. The molecule has 0 bridgehead atoms. The van der Waals surface area contributed by atoms with E-state index >= 15 is 0 Å². The fraction of sp³-hybridized carbons (Fsp3) is 0.500. The van der Waals surface area contributed by atoms with Gasteiger partial charge in [-0.3, -0.25) is 4.57 Å². The lowest BCUT2D eigenvalue weighted by Crippen LogP contribution is -2.31. The van der Waals surface area contributed by atoms with Gasteiger partial charge in [-0.15, -0.1) is 0 Å². The van der Waals surface area contributed by atoms with Crippen molar-refractivity contribution in [2.24, 2.45) is 5.92 Å². The number of nitrogen functional groups attached to an aromatic ring is 1. The first-order valence-corrected chi connectivity index (χ1v) is 5.27. The third-order valence-electron chi connectivity index (χ3n) is 2.82. The second-order valence-electron chi connectivity index (χ2n) is 3.94. The molecule has 0 spiro atoms. The zero-order valence-electron chi connectivity index (χ0n) is 9.30. The Morgan fingerprint density at radius 2 is 2.39 bits per heavy atom. The third-order valence-corrected chi connectivity index (χ3v) is 2.82. The molecule has 1 aromatic heterocycles. The van der Waals surface area contributed by atoms with Crippen molar-refractivity contribution in [3.05, 3.63) is 22.7 Å². The normalized spacial score (nSPS) is 31.2. The van der Waals surface area contributed by atoms with Crippen LogP contribution in [-0.4, -0.2) is 38.6 Å². The van der Waals surface area contributed by atoms with Crippen molar-refractivity contribution in [2.75, 3.05) is 12.3 Å². The summed E-state index contributed by atoms with van der Waals surface area (Å²) in [7, 11) is 0. The van der Waals surface area contributed by atoms with Crippen molar-refractivity contribution in [1.82, 2.24) is 9.55 Å². The van der Waals surface area contributed by atoms with Crippen LogP contribution in [0.4, 0.5) is 5.82 Å². The van der Waals surface area contributed by atoms with Gasteiger partial charge in [-0.1, -0.05) is 0 Å². The Morgan fingerprint density at radius 3 is 2.94 bits per heavy atom. The van der Waals surface area contributed by atoms with E-state index in [1.807, 2.05) is 6.07 Å². The van der Waals surface area contributed by atoms with Crippen LogP contribution in [0.2, 0.25) is 0 Å². The summed E-state index contributed by atoms with van der Waals surface area (Å²) in [6.45, 7) is -0.438. The Hall–Kier alpha value is -1.95. The molecule has 0 aliphatic carbocycles. The second kappa shape index (κ2) is 4.73. The number of anilines is 1. The molecular formula is C10H12N4O4. The molecule has 0 amide bonds. The van der Waals surface area contributed by atoms with Crippen LogP contribution < -0.4 is 11.4 Å². The van der Waals surface area contributed by atoms with Crippen LogP contribution in [0.1, 0.15) is 6.23 Å². The maximum Gasteiger partial charge on any atom is 0.351 e. The smallest absolute Gasteiger partial charge is 0.351 e. The Morgan fingerprint density at radius 1 is 1.67 bits per heavy atom. The van der Waals surface area contributed by atoms with Gasteiger partial charge in [0, 0.05) is 6.20 Å². The van der Waals surface area contributed by atoms with Crippen molar-refractivity contribution in [1.29, 1.82) is 5.26 Å². The molecule has 96 valence electrons. The van der Waals surface area contributed by atoms with Gasteiger partial charge in [-0.2, -0.15) is 10.2 Å². The zero-order chi connectivity index (χ0) is 13.3. The topological polar surface area (TPSA) is 134 Å². The van der Waals surface area contributed by atoms with E-state index in [4.69, 9.17) is 20.8 Å². The van der Waals surface area contributed by atoms with Crippen molar-refractivity contribution in [2.45, 2.75) is 18.4 Å². The number of hydrogen-bond donors (Lipinski definition) is 3. The van der Waals surface area contributed by atoms with Gasteiger partial charge in [0.1, 0.15) is 23.9 Å². The van der Waals surface area contributed by atoms with Crippen molar-refractivity contribution in [3.8, 4) is 6.07 Å². The maximum absolute atomic E-state index is 11.6. The predicted octanol–water partition coefficient (Wildman–Crippen LogP) is -1.78. The average molecular weight is 252 g/mol. The van der Waals surface area contributed by atoms with E-state index < -0.39 is 36.7 Å². The van der Waals surface area contributed by atoms with Crippen LogP contribution in [-0.2, 0) is 4.74 Å². The van der Waals surface area contributed by atoms with E-state index in [9.17, 15) is 9.90 Å². The van der Waals surface area contributed by atoms with Gasteiger partial charge < -0.3 is 20.7 Å². The molecule has 0 radical (unpaired) electrons. The van der Waals surface area contributed by atoms with Gasteiger partial charge in [-0.05, 0) is 6.07 Å². The average Bonchev–Trinajstić information content (AvgIpc) is 2.65. The van der Waals surface area contributed by atoms with Crippen LogP contribution in [0.15, 0.2) is 17.1 Å². The molecule has 2 rings (SSSR count). The van der Waals surface area contributed by atoms with Crippen molar-refractivity contribution >= 4 is 5.82 Å². The monoisotopic (exact) mass is 252 g/mol. The molecule has 1 aliphatic rings. The summed E-state index contributed by atoms with van der Waals surface area (Å²) in [6, 6.07) is 3.25. The number of rotatable bonds is 2. The Balaban J connectivity index is 2.39. The highest BCUT2D eigenvalue weighted by Crippen LogP contribution is 2.33. The predicted molar refractivity (Wildman–Crippen MR) is 59.0 cm³/mol. The number of nitrogens with zero attached hydrogens (tertiary/aromatic N) is 3. The maximum atomic E-state index is 11.6. The summed E-state index contributed by atoms with van der Waals surface area (Å²) in [5.41, 5.74) is 4.68. The minimum Gasteiger partial charge on any atom is -0.394 e. The highest BCUT2D eigenvalue weighted by atomic mass is 16.5. The lowest BCUT2D eigenvalue weighted by Gasteiger charge is -2.16. The molecule has 8 nitrogen and oxygen atoms in total. The van der Waals surface area contributed by atoms with E-state index in [1.54, 1.807) is 0 Å². The van der Waals surface area contributed by atoms with Crippen LogP contribution >= 0.6 is 0 Å². The van der Waals surface area contributed by atoms with Crippen molar-refractivity contribution in [3.63, 3.8) is 0 Å². The fourth-order valence-corrected chi connectivity index (χ4v) is 1.89. The molecule has 4 atom stereocenters. The molecule has 1 saturated heterocycles. The largest absolute Gasteiger partial charge is 0.394 e. The molecule has 0 aromatic carbocycles. The van der Waals surface area contributed by atoms with E-state index in [1.165, 1.54) is 12.3 Å². The number of hydrogen-bond acceptors (Lipinski definition) is 7. The third kappa shape index (κ3) is 1.95. The summed E-state index contributed by atoms with van der Waals surface area (Å²) in [5.74, 6) is -0.896. The van der Waals surface area contributed by atoms with E-state index in [2.05, 4.69) is 4.98 Å². The molecule has 1 aromatic rings. The summed E-state index contributed by atoms with van der Waals surface area (Å²) in [5, 5.41) is 27.8. The minimum absolute atomic E-state index is 0.0574. The molecule has 0 unspecified atom stereocenters. The number of nitrogens with two attached hydrogens (primary N) is 1. The molecule has 18 heavy (non-hydrogen) atoms. The lowest BCUT2D eigenvalue weighted by molar-refractivity contribution is -0.0469. The standard InChI is InChI=1S/C10H12N4O4/c11-3-5-8(16)6(4-15)18-9(5)14-2-1-7(12)13-10(14)17/h1-2,5-6,8-9,15-16H,4H2,(H2,12,13,17)/t5-,6-,8+,9-/m1/s1. The number of ether oxygens (including phenoxy) is 1. The minimum atomic E-state index is -1.16. The van der Waals surface area contributed by atoms with E-state index in [0.29, 0.717) is 0 Å². The first kappa shape index (κ1) is 12.5. The highest BCUT2D eigenvalue weighted by molar-refractivity contribution is 5.23. The quantitative estimate of drug-likeness (QED) is 0.566. The van der Waals surface area contributed by atoms with Crippen LogP contribution in [0.5, 0.6) is 0 Å². The van der Waals surface area contributed by atoms with Crippen LogP contribution in [0.3, 0.4) is 0 Å². The lowest BCUT2D eigenvalue weighted by atomic mass is 10.0. The molecule has 4 N–H and O–H groups in total. The SMILES string of the molecule is N#C[C@@H]1[C@H](O)[C@@H](CO)O[C@H]1n1ccc(N)nc1=O. The Labute approximate surface area is 102 Å². The number of nitriles is 1. The van der Waals surface area contributed by atoms with E-state index in [-0.39, 0.29) is 5.82 Å². The number of aliphatic hydroxyl groups excluding tert-OH is 2. The van der Waals surface area contributed by atoms with Gasteiger partial charge in [0.05, 0.1) is 12.7 Å². The first-order valence-electron chi connectivity index (χ1n) is 5.27. The molecule has 0 saturated carbocycles. The first-order chi connectivity index (χ1) is 8.58. The van der Waals surface area contributed by atoms with Crippen molar-refractivity contribution < 1.29 is 14.9 Å². The molecule has 1 fully saturated rings. The Bertz CT molecular complexity index is 537. The van der Waals surface area contributed by atoms with Gasteiger partial charge in [0.25, 0.3) is 0 Å². The molecular weight excluding hydrogens is 240 g/mol. The van der Waals surface area contributed by atoms with Crippen LogP contribution in [0, 0.1) is 17.2 Å². The van der Waals surface area contributed by atoms with Gasteiger partial charge >= 0.3 is 5.69 Å². The summed E-state index contributed by atoms with van der Waals surface area (Å²) in [6.07, 6.45) is -1.70. The van der Waals surface area contributed by atoms with Gasteiger partial charge in [0.15, 0.2) is 6.23 Å². The highest BCUT2D eigenvalue weighted by Gasteiger charge is 2.45. The number of aromatic nitrogens is 2. The van der Waals surface area contributed by atoms with Gasteiger partial charge in [-0.25, -0.2) is 4.79 Å². The van der Waals surface area contributed by atoms with Gasteiger partial charge in [0.2, 0.25) is 0 Å². The molecule has 8 heteroatoms. The van der Waals surface area contributed by atoms with E-state index in [0.717, 1.165) is 4.57 Å². The summed E-state index contributed by atoms with van der Waals surface area (Å²) in [4.78, 5) is 15.1. The fourth-order valence-electron chi connectivity index (χ4n) is 1.89. The Kier molecular flexibility index (Phi) is 3.29.